The first-order valence-electron chi connectivity index (χ1n) is 5.48. The van der Waals surface area contributed by atoms with E-state index in [1.165, 1.54) is 4.88 Å². The van der Waals surface area contributed by atoms with Gasteiger partial charge in [0, 0.05) is 17.5 Å². The standard InChI is InChI=1S/C12H21NOS/c1-10(2)13-9-12(3,14)7-6-11-5-4-8-15-11/h4-5,8,10,13-14H,6-7,9H2,1-3H3. The first kappa shape index (κ1) is 12.7. The van der Waals surface area contributed by atoms with Crippen LogP contribution in [-0.4, -0.2) is 23.3 Å². The minimum Gasteiger partial charge on any atom is -0.389 e. The van der Waals surface area contributed by atoms with Crippen molar-refractivity contribution in [3.8, 4) is 0 Å². The zero-order valence-electron chi connectivity index (χ0n) is 9.79. The molecule has 0 bridgehead atoms. The van der Waals surface area contributed by atoms with Crippen LogP contribution < -0.4 is 5.32 Å². The molecular weight excluding hydrogens is 206 g/mol. The molecule has 0 saturated carbocycles. The van der Waals surface area contributed by atoms with Crippen LogP contribution in [-0.2, 0) is 6.42 Å². The van der Waals surface area contributed by atoms with Gasteiger partial charge in [-0.1, -0.05) is 19.9 Å². The lowest BCUT2D eigenvalue weighted by molar-refractivity contribution is 0.0494. The molecule has 0 spiro atoms. The summed E-state index contributed by atoms with van der Waals surface area (Å²) in [6.07, 6.45) is 1.78. The Hall–Kier alpha value is -0.380. The number of rotatable bonds is 6. The molecule has 1 aromatic heterocycles. The van der Waals surface area contributed by atoms with Gasteiger partial charge in [-0.15, -0.1) is 11.3 Å². The normalized spacial score (nSPS) is 15.5. The van der Waals surface area contributed by atoms with Crippen molar-refractivity contribution in [1.29, 1.82) is 0 Å². The molecule has 1 heterocycles. The number of hydrogen-bond donors (Lipinski definition) is 2. The summed E-state index contributed by atoms with van der Waals surface area (Å²) in [6.45, 7) is 6.75. The molecule has 2 N–H and O–H groups in total. The van der Waals surface area contributed by atoms with Crippen molar-refractivity contribution < 1.29 is 5.11 Å². The fraction of sp³-hybridized carbons (Fsp3) is 0.667. The second-order valence-corrected chi connectivity index (χ2v) is 5.64. The summed E-state index contributed by atoms with van der Waals surface area (Å²) in [6, 6.07) is 4.61. The van der Waals surface area contributed by atoms with E-state index in [-0.39, 0.29) is 0 Å². The smallest absolute Gasteiger partial charge is 0.0747 e. The molecule has 1 atom stereocenters. The molecule has 0 fully saturated rings. The Kier molecular flexibility index (Phi) is 4.77. The fourth-order valence-electron chi connectivity index (χ4n) is 1.36. The van der Waals surface area contributed by atoms with Crippen molar-refractivity contribution in [2.75, 3.05) is 6.54 Å². The molecule has 1 unspecified atom stereocenters. The summed E-state index contributed by atoms with van der Waals surface area (Å²) in [5, 5.41) is 15.5. The highest BCUT2D eigenvalue weighted by atomic mass is 32.1. The Morgan fingerprint density at radius 2 is 2.27 bits per heavy atom. The highest BCUT2D eigenvalue weighted by Gasteiger charge is 2.20. The Morgan fingerprint density at radius 3 is 2.80 bits per heavy atom. The minimum atomic E-state index is -0.603. The average molecular weight is 227 g/mol. The zero-order valence-corrected chi connectivity index (χ0v) is 10.6. The first-order chi connectivity index (χ1) is 6.99. The highest BCUT2D eigenvalue weighted by molar-refractivity contribution is 7.09. The maximum absolute atomic E-state index is 10.1. The molecule has 0 aliphatic heterocycles. The summed E-state index contributed by atoms with van der Waals surface area (Å²) in [5.74, 6) is 0. The quantitative estimate of drug-likeness (QED) is 0.782. The van der Waals surface area contributed by atoms with Crippen molar-refractivity contribution in [3.63, 3.8) is 0 Å². The van der Waals surface area contributed by atoms with Gasteiger partial charge in [0.2, 0.25) is 0 Å². The van der Waals surface area contributed by atoms with Crippen LogP contribution >= 0.6 is 11.3 Å². The molecule has 0 aromatic carbocycles. The van der Waals surface area contributed by atoms with Crippen LogP contribution in [0.3, 0.4) is 0 Å². The van der Waals surface area contributed by atoms with Gasteiger partial charge in [-0.25, -0.2) is 0 Å². The van der Waals surface area contributed by atoms with E-state index in [0.29, 0.717) is 12.6 Å². The maximum atomic E-state index is 10.1. The monoisotopic (exact) mass is 227 g/mol. The third-order valence-corrected chi connectivity index (χ3v) is 3.32. The molecule has 0 amide bonds. The lowest BCUT2D eigenvalue weighted by atomic mass is 9.99. The molecule has 86 valence electrons. The van der Waals surface area contributed by atoms with Crippen molar-refractivity contribution in [3.05, 3.63) is 22.4 Å². The topological polar surface area (TPSA) is 32.3 Å². The maximum Gasteiger partial charge on any atom is 0.0747 e. The molecular formula is C12H21NOS. The van der Waals surface area contributed by atoms with E-state index in [1.807, 2.05) is 6.92 Å². The molecule has 0 aliphatic rings. The summed E-state index contributed by atoms with van der Waals surface area (Å²) < 4.78 is 0. The highest BCUT2D eigenvalue weighted by Crippen LogP contribution is 2.17. The fourth-order valence-corrected chi connectivity index (χ4v) is 2.07. The van der Waals surface area contributed by atoms with E-state index in [9.17, 15) is 5.11 Å². The van der Waals surface area contributed by atoms with Crippen molar-refractivity contribution in [2.45, 2.75) is 45.3 Å². The van der Waals surface area contributed by atoms with Crippen molar-refractivity contribution in [2.24, 2.45) is 0 Å². The second kappa shape index (κ2) is 5.64. The number of thiophene rings is 1. The van der Waals surface area contributed by atoms with Crippen LogP contribution in [0, 0.1) is 0 Å². The van der Waals surface area contributed by atoms with E-state index in [1.54, 1.807) is 11.3 Å². The zero-order chi connectivity index (χ0) is 11.3. The molecule has 2 nitrogen and oxygen atoms in total. The summed E-state index contributed by atoms with van der Waals surface area (Å²) in [5.41, 5.74) is -0.603. The lowest BCUT2D eigenvalue weighted by Gasteiger charge is -2.24. The van der Waals surface area contributed by atoms with Crippen molar-refractivity contribution in [1.82, 2.24) is 5.32 Å². The van der Waals surface area contributed by atoms with Gasteiger partial charge >= 0.3 is 0 Å². The van der Waals surface area contributed by atoms with E-state index in [0.717, 1.165) is 12.8 Å². The van der Waals surface area contributed by atoms with Gasteiger partial charge in [0.25, 0.3) is 0 Å². The van der Waals surface area contributed by atoms with Crippen LogP contribution in [0.4, 0.5) is 0 Å². The van der Waals surface area contributed by atoms with E-state index >= 15 is 0 Å². The number of aryl methyl sites for hydroxylation is 1. The molecule has 15 heavy (non-hydrogen) atoms. The molecule has 1 rings (SSSR count). The summed E-state index contributed by atoms with van der Waals surface area (Å²) in [4.78, 5) is 1.35. The third kappa shape index (κ3) is 5.30. The number of hydrogen-bond acceptors (Lipinski definition) is 3. The van der Waals surface area contributed by atoms with E-state index in [4.69, 9.17) is 0 Å². The number of nitrogens with one attached hydrogen (secondary N) is 1. The summed E-state index contributed by atoms with van der Waals surface area (Å²) >= 11 is 1.76. The number of aliphatic hydroxyl groups is 1. The van der Waals surface area contributed by atoms with Crippen molar-refractivity contribution >= 4 is 11.3 Å². The van der Waals surface area contributed by atoms with Gasteiger partial charge in [0.05, 0.1) is 5.60 Å². The molecule has 0 radical (unpaired) electrons. The summed E-state index contributed by atoms with van der Waals surface area (Å²) in [7, 11) is 0. The van der Waals surface area contributed by atoms with Crippen LogP contribution in [0.1, 0.15) is 32.1 Å². The lowest BCUT2D eigenvalue weighted by Crippen LogP contribution is -2.40. The second-order valence-electron chi connectivity index (χ2n) is 4.61. The predicted octanol–water partition coefficient (Wildman–Crippen LogP) is 2.43. The van der Waals surface area contributed by atoms with Crippen LogP contribution in [0.2, 0.25) is 0 Å². The Morgan fingerprint density at radius 1 is 1.53 bits per heavy atom. The SMILES string of the molecule is CC(C)NCC(C)(O)CCc1cccs1. The Balaban J connectivity index is 2.29. The van der Waals surface area contributed by atoms with Gasteiger partial charge in [-0.3, -0.25) is 0 Å². The Labute approximate surface area is 96.3 Å². The van der Waals surface area contributed by atoms with Gasteiger partial charge < -0.3 is 10.4 Å². The largest absolute Gasteiger partial charge is 0.389 e. The third-order valence-electron chi connectivity index (χ3n) is 2.38. The molecule has 0 saturated heterocycles. The molecule has 3 heteroatoms. The van der Waals surface area contributed by atoms with Crippen LogP contribution in [0.15, 0.2) is 17.5 Å². The van der Waals surface area contributed by atoms with Gasteiger partial charge in [0.15, 0.2) is 0 Å². The van der Waals surface area contributed by atoms with E-state index in [2.05, 4.69) is 36.7 Å². The van der Waals surface area contributed by atoms with Gasteiger partial charge in [-0.05, 0) is 31.2 Å². The molecule has 0 aliphatic carbocycles. The average Bonchev–Trinajstić information content (AvgIpc) is 2.65. The van der Waals surface area contributed by atoms with Gasteiger partial charge in [0.1, 0.15) is 0 Å². The van der Waals surface area contributed by atoms with Crippen LogP contribution in [0.25, 0.3) is 0 Å². The first-order valence-corrected chi connectivity index (χ1v) is 6.36. The minimum absolute atomic E-state index is 0.429. The molecule has 1 aromatic rings. The predicted molar refractivity (Wildman–Crippen MR) is 66.4 cm³/mol. The van der Waals surface area contributed by atoms with Gasteiger partial charge in [-0.2, -0.15) is 0 Å². The van der Waals surface area contributed by atoms with Crippen LogP contribution in [0.5, 0.6) is 0 Å². The van der Waals surface area contributed by atoms with E-state index < -0.39 is 5.60 Å². The Bertz CT molecular complexity index is 267.